The number of aliphatic imine (C=N–C) groups is 1. The number of hydrogen-bond donors (Lipinski definition) is 0. The summed E-state index contributed by atoms with van der Waals surface area (Å²) in [5.41, 5.74) is 3.53. The van der Waals surface area contributed by atoms with Crippen molar-refractivity contribution in [2.24, 2.45) is 4.99 Å². The molecule has 0 aromatic rings. The van der Waals surface area contributed by atoms with Crippen LogP contribution in [-0.2, 0) is 9.84 Å². The number of rotatable bonds is 3. The van der Waals surface area contributed by atoms with Gasteiger partial charge in [0, 0.05) is 5.71 Å². The van der Waals surface area contributed by atoms with Crippen molar-refractivity contribution in [3.63, 3.8) is 0 Å². The monoisotopic (exact) mass is 194 g/mol. The Bertz CT molecular complexity index is 324. The summed E-state index contributed by atoms with van der Waals surface area (Å²) in [6, 6.07) is 0. The van der Waals surface area contributed by atoms with Crippen LogP contribution >= 0.6 is 0 Å². The van der Waals surface area contributed by atoms with Crippen molar-refractivity contribution in [1.29, 1.82) is 0 Å². The highest BCUT2D eigenvalue weighted by Gasteiger charge is 2.21. The summed E-state index contributed by atoms with van der Waals surface area (Å²) in [6.45, 7) is 8.10. The third kappa shape index (κ3) is 1.81. The molecule has 0 unspecified atom stereocenters. The van der Waals surface area contributed by atoms with Gasteiger partial charge in [-0.3, -0.25) is 0 Å². The van der Waals surface area contributed by atoms with Crippen LogP contribution in [0.2, 0.25) is 0 Å². The van der Waals surface area contributed by atoms with E-state index in [0.29, 0.717) is 12.3 Å². The number of nitrogens with zero attached hydrogens (tertiary/aromatic N) is 1. The zero-order valence-electron chi connectivity index (χ0n) is 9.18. The number of ether oxygens (including phenoxy) is 1. The van der Waals surface area contributed by atoms with Gasteiger partial charge in [0.1, 0.15) is 0 Å². The fourth-order valence-corrected chi connectivity index (χ4v) is 1.65. The van der Waals surface area contributed by atoms with Crippen LogP contribution in [0, 0.1) is 0 Å². The van der Waals surface area contributed by atoms with Gasteiger partial charge in [0.25, 0.3) is 0 Å². The van der Waals surface area contributed by atoms with E-state index in [0.717, 1.165) is 23.3 Å². The maximum atomic E-state index is 11.5. The molecule has 0 amide bonds. The van der Waals surface area contributed by atoms with Crippen molar-refractivity contribution < 1.29 is 9.84 Å². The average Bonchev–Trinajstić information content (AvgIpc) is 2.42. The Morgan fingerprint density at radius 3 is 2.43 bits per heavy atom. The largest absolute Gasteiger partial charge is 0.461 e. The van der Waals surface area contributed by atoms with Crippen LogP contribution in [0.4, 0.5) is 0 Å². The summed E-state index contributed by atoms with van der Waals surface area (Å²) in [7, 11) is 0. The van der Waals surface area contributed by atoms with Crippen molar-refractivity contribution in [3.05, 3.63) is 22.8 Å². The second-order valence-electron chi connectivity index (χ2n) is 3.22. The van der Waals surface area contributed by atoms with E-state index in [2.05, 4.69) is 11.9 Å². The summed E-state index contributed by atoms with van der Waals surface area (Å²) in [4.78, 5) is 4.22. The first kappa shape index (κ1) is 10.8. The van der Waals surface area contributed by atoms with Crippen molar-refractivity contribution in [1.82, 2.24) is 0 Å². The first-order valence-electron chi connectivity index (χ1n) is 4.91. The Morgan fingerprint density at radius 2 is 2.00 bits per heavy atom. The fourth-order valence-electron chi connectivity index (χ4n) is 1.65. The van der Waals surface area contributed by atoms with Gasteiger partial charge in [-0.1, -0.05) is 6.92 Å². The lowest BCUT2D eigenvalue weighted by molar-refractivity contribution is 0.0563. The van der Waals surface area contributed by atoms with Crippen LogP contribution in [0.3, 0.4) is 0 Å². The van der Waals surface area contributed by atoms with Crippen LogP contribution in [0.15, 0.2) is 27.8 Å². The molecule has 0 saturated heterocycles. The Kier molecular flexibility index (Phi) is 3.33. The minimum absolute atomic E-state index is 0.312. The summed E-state index contributed by atoms with van der Waals surface area (Å²) in [5.74, 6) is -0.312. The first-order chi connectivity index (χ1) is 6.61. The van der Waals surface area contributed by atoms with E-state index in [9.17, 15) is 5.11 Å². The van der Waals surface area contributed by atoms with E-state index >= 15 is 0 Å². The van der Waals surface area contributed by atoms with Crippen LogP contribution in [-0.4, -0.2) is 12.3 Å². The number of hydrogen-bond acceptors (Lipinski definition) is 2. The van der Waals surface area contributed by atoms with E-state index in [1.54, 1.807) is 6.92 Å². The molecule has 0 aromatic carbocycles. The van der Waals surface area contributed by atoms with Gasteiger partial charge in [0.15, 0.2) is 5.70 Å². The molecule has 0 spiro atoms. The molecule has 1 radical (unpaired) electrons. The molecule has 1 aliphatic rings. The lowest BCUT2D eigenvalue weighted by Gasteiger charge is -2.01. The highest BCUT2D eigenvalue weighted by Crippen LogP contribution is 2.28. The van der Waals surface area contributed by atoms with Crippen LogP contribution in [0.1, 0.15) is 34.1 Å². The lowest BCUT2D eigenvalue weighted by atomic mass is 10.0. The van der Waals surface area contributed by atoms with E-state index in [-0.39, 0.29) is 5.95 Å². The summed E-state index contributed by atoms with van der Waals surface area (Å²) < 4.78 is 4.92. The number of allylic oxidation sites excluding steroid dienone is 2. The van der Waals surface area contributed by atoms with Gasteiger partial charge in [-0.05, 0) is 38.3 Å². The van der Waals surface area contributed by atoms with E-state index in [4.69, 9.17) is 4.74 Å². The Labute approximate surface area is 84.8 Å². The SMILES string of the molecule is CCOC([O])=C1N=C(C)C(CC)=C1C. The predicted octanol–water partition coefficient (Wildman–Crippen LogP) is 2.82. The maximum absolute atomic E-state index is 11.5. The fraction of sp³-hybridized carbons (Fsp3) is 0.545. The van der Waals surface area contributed by atoms with Crippen molar-refractivity contribution in [3.8, 4) is 0 Å². The highest BCUT2D eigenvalue weighted by molar-refractivity contribution is 6.02. The van der Waals surface area contributed by atoms with Gasteiger partial charge in [0.2, 0.25) is 0 Å². The zero-order chi connectivity index (χ0) is 10.7. The summed E-state index contributed by atoms with van der Waals surface area (Å²) in [5, 5.41) is 11.5. The second kappa shape index (κ2) is 4.31. The molecule has 0 atom stereocenters. The molecule has 1 heterocycles. The van der Waals surface area contributed by atoms with Gasteiger partial charge in [0.05, 0.1) is 6.61 Å². The molecule has 0 bridgehead atoms. The smallest absolute Gasteiger partial charge is 0.357 e. The molecule has 3 nitrogen and oxygen atoms in total. The van der Waals surface area contributed by atoms with E-state index in [1.165, 1.54) is 0 Å². The third-order valence-corrected chi connectivity index (χ3v) is 2.35. The Hall–Kier alpha value is -1.25. The van der Waals surface area contributed by atoms with Gasteiger partial charge in [-0.25, -0.2) is 10.1 Å². The van der Waals surface area contributed by atoms with E-state index < -0.39 is 0 Å². The molecule has 0 N–H and O–H groups in total. The predicted molar refractivity (Wildman–Crippen MR) is 55.4 cm³/mol. The molecule has 0 saturated carbocycles. The van der Waals surface area contributed by atoms with E-state index in [1.807, 2.05) is 13.8 Å². The Balaban J connectivity index is 3.07. The molecule has 0 aromatic heterocycles. The minimum Gasteiger partial charge on any atom is -0.461 e. The Morgan fingerprint density at radius 1 is 1.36 bits per heavy atom. The van der Waals surface area contributed by atoms with Gasteiger partial charge in [-0.15, -0.1) is 0 Å². The molecule has 77 valence electrons. The highest BCUT2D eigenvalue weighted by atomic mass is 16.6. The molecule has 1 aliphatic heterocycles. The summed E-state index contributed by atoms with van der Waals surface area (Å²) in [6.07, 6.45) is 0.907. The zero-order valence-corrected chi connectivity index (χ0v) is 9.18. The average molecular weight is 194 g/mol. The normalized spacial score (nSPS) is 19.9. The van der Waals surface area contributed by atoms with Gasteiger partial charge < -0.3 is 4.74 Å². The third-order valence-electron chi connectivity index (χ3n) is 2.35. The molecule has 14 heavy (non-hydrogen) atoms. The van der Waals surface area contributed by atoms with Crippen molar-refractivity contribution >= 4 is 5.71 Å². The van der Waals surface area contributed by atoms with Crippen LogP contribution in [0.25, 0.3) is 0 Å². The minimum atomic E-state index is -0.312. The molecule has 0 aliphatic carbocycles. The topological polar surface area (TPSA) is 41.5 Å². The maximum Gasteiger partial charge on any atom is 0.357 e. The van der Waals surface area contributed by atoms with Crippen molar-refractivity contribution in [2.75, 3.05) is 6.61 Å². The van der Waals surface area contributed by atoms with Gasteiger partial charge in [-0.2, -0.15) is 0 Å². The molecular formula is C11H16NO2. The quantitative estimate of drug-likeness (QED) is 0.637. The van der Waals surface area contributed by atoms with Crippen LogP contribution < -0.4 is 0 Å². The van der Waals surface area contributed by atoms with Crippen LogP contribution in [0.5, 0.6) is 0 Å². The molecule has 1 rings (SSSR count). The first-order valence-corrected chi connectivity index (χ1v) is 4.91. The lowest BCUT2D eigenvalue weighted by Crippen LogP contribution is -1.94. The van der Waals surface area contributed by atoms with Crippen molar-refractivity contribution in [2.45, 2.75) is 34.1 Å². The molecule has 3 heteroatoms. The standard InChI is InChI=1S/C11H16NO2/c1-5-9-7(3)10(12-8(9)4)11(13)14-6-2/h5-6H2,1-4H3. The van der Waals surface area contributed by atoms with Gasteiger partial charge >= 0.3 is 5.95 Å². The summed E-state index contributed by atoms with van der Waals surface area (Å²) >= 11 is 0. The molecule has 0 fully saturated rings. The molecular weight excluding hydrogens is 178 g/mol. The second-order valence-corrected chi connectivity index (χ2v) is 3.22.